The molecule has 1 aromatic heterocycles. The Morgan fingerprint density at radius 1 is 1.11 bits per heavy atom. The summed E-state index contributed by atoms with van der Waals surface area (Å²) in [5, 5.41) is 7.59. The van der Waals surface area contributed by atoms with Gasteiger partial charge in [0.15, 0.2) is 11.5 Å². The molecule has 0 aliphatic carbocycles. The van der Waals surface area contributed by atoms with Gasteiger partial charge in [0.1, 0.15) is 6.61 Å². The molecule has 1 aromatic carbocycles. The highest BCUT2D eigenvalue weighted by molar-refractivity contribution is 7.07. The smallest absolute Gasteiger partial charge is 0.161 e. The van der Waals surface area contributed by atoms with Crippen LogP contribution in [0.15, 0.2) is 41.1 Å². The van der Waals surface area contributed by atoms with Crippen molar-refractivity contribution in [2.24, 2.45) is 0 Å². The zero-order chi connectivity index (χ0) is 13.3. The van der Waals surface area contributed by atoms with Gasteiger partial charge in [-0.15, -0.1) is 0 Å². The van der Waals surface area contributed by atoms with Crippen LogP contribution in [0.2, 0.25) is 0 Å². The predicted octanol–water partition coefficient (Wildman–Crippen LogP) is 3.32. The number of hydrogen-bond donors (Lipinski definition) is 1. The second kappa shape index (κ2) is 7.81. The molecule has 4 heteroatoms. The molecule has 0 amide bonds. The Bertz CT molecular complexity index is 471. The minimum Gasteiger partial charge on any atom is -0.490 e. The Kier molecular flexibility index (Phi) is 5.72. The lowest BCUT2D eigenvalue weighted by molar-refractivity contribution is 0.275. The fourth-order valence-corrected chi connectivity index (χ4v) is 2.37. The normalized spacial score (nSPS) is 10.4. The standard InChI is InChI=1S/C15H19NO2S/c1-2-17-14-5-3-4-6-15(14)18-9-8-16-11-13-7-10-19-12-13/h3-7,10,12,16H,2,8-9,11H2,1H3. The molecule has 2 rings (SSSR count). The highest BCUT2D eigenvalue weighted by atomic mass is 32.1. The van der Waals surface area contributed by atoms with E-state index in [1.165, 1.54) is 5.56 Å². The van der Waals surface area contributed by atoms with Crippen molar-refractivity contribution in [2.75, 3.05) is 19.8 Å². The zero-order valence-electron chi connectivity index (χ0n) is 11.1. The van der Waals surface area contributed by atoms with Crippen LogP contribution in [0.5, 0.6) is 11.5 Å². The van der Waals surface area contributed by atoms with Crippen LogP contribution in [0.3, 0.4) is 0 Å². The minimum atomic E-state index is 0.633. The number of thiophene rings is 1. The molecule has 0 radical (unpaired) electrons. The first-order chi connectivity index (χ1) is 9.40. The van der Waals surface area contributed by atoms with E-state index in [4.69, 9.17) is 9.47 Å². The quantitative estimate of drug-likeness (QED) is 0.751. The Labute approximate surface area is 118 Å². The molecule has 1 N–H and O–H groups in total. The Morgan fingerprint density at radius 2 is 1.89 bits per heavy atom. The SMILES string of the molecule is CCOc1ccccc1OCCNCc1ccsc1. The summed E-state index contributed by atoms with van der Waals surface area (Å²) in [4.78, 5) is 0. The summed E-state index contributed by atoms with van der Waals surface area (Å²) in [6.07, 6.45) is 0. The summed E-state index contributed by atoms with van der Waals surface area (Å²) < 4.78 is 11.2. The lowest BCUT2D eigenvalue weighted by Gasteiger charge is -2.11. The maximum absolute atomic E-state index is 5.72. The Hall–Kier alpha value is -1.52. The van der Waals surface area contributed by atoms with Crippen LogP contribution in [0, 0.1) is 0 Å². The average molecular weight is 277 g/mol. The van der Waals surface area contributed by atoms with Crippen LogP contribution in [-0.2, 0) is 6.54 Å². The summed E-state index contributed by atoms with van der Waals surface area (Å²) in [6.45, 7) is 4.96. The molecular weight excluding hydrogens is 258 g/mol. The van der Waals surface area contributed by atoms with Gasteiger partial charge >= 0.3 is 0 Å². The molecule has 1 heterocycles. The van der Waals surface area contributed by atoms with Crippen molar-refractivity contribution in [1.29, 1.82) is 0 Å². The Morgan fingerprint density at radius 3 is 2.58 bits per heavy atom. The van der Waals surface area contributed by atoms with Gasteiger partial charge in [-0.3, -0.25) is 0 Å². The predicted molar refractivity (Wildman–Crippen MR) is 79.1 cm³/mol. The van der Waals surface area contributed by atoms with Crippen molar-refractivity contribution in [3.05, 3.63) is 46.7 Å². The van der Waals surface area contributed by atoms with Gasteiger partial charge in [0.05, 0.1) is 6.61 Å². The Balaban J connectivity index is 1.70. The number of hydrogen-bond acceptors (Lipinski definition) is 4. The summed E-state index contributed by atoms with van der Waals surface area (Å²) in [7, 11) is 0. The van der Waals surface area contributed by atoms with Crippen LogP contribution >= 0.6 is 11.3 Å². The van der Waals surface area contributed by atoms with Gasteiger partial charge in [-0.1, -0.05) is 12.1 Å². The third-order valence-electron chi connectivity index (χ3n) is 2.59. The highest BCUT2D eigenvalue weighted by Gasteiger charge is 2.02. The lowest BCUT2D eigenvalue weighted by Crippen LogP contribution is -2.20. The van der Waals surface area contributed by atoms with Gasteiger partial charge in [0.2, 0.25) is 0 Å². The van der Waals surface area contributed by atoms with E-state index >= 15 is 0 Å². The van der Waals surface area contributed by atoms with E-state index in [9.17, 15) is 0 Å². The number of ether oxygens (including phenoxy) is 2. The zero-order valence-corrected chi connectivity index (χ0v) is 11.9. The summed E-state index contributed by atoms with van der Waals surface area (Å²) >= 11 is 1.72. The van der Waals surface area contributed by atoms with E-state index in [2.05, 4.69) is 22.1 Å². The molecule has 0 saturated carbocycles. The van der Waals surface area contributed by atoms with Crippen molar-refractivity contribution >= 4 is 11.3 Å². The number of para-hydroxylation sites is 2. The van der Waals surface area contributed by atoms with Crippen molar-refractivity contribution in [2.45, 2.75) is 13.5 Å². The molecule has 0 aliphatic heterocycles. The van der Waals surface area contributed by atoms with Crippen molar-refractivity contribution in [1.82, 2.24) is 5.32 Å². The lowest BCUT2D eigenvalue weighted by atomic mass is 10.3. The third-order valence-corrected chi connectivity index (χ3v) is 3.33. The van der Waals surface area contributed by atoms with Crippen molar-refractivity contribution in [3.8, 4) is 11.5 Å². The minimum absolute atomic E-state index is 0.633. The molecule has 0 atom stereocenters. The fourth-order valence-electron chi connectivity index (χ4n) is 1.70. The first-order valence-corrected chi connectivity index (χ1v) is 7.41. The maximum Gasteiger partial charge on any atom is 0.161 e. The van der Waals surface area contributed by atoms with E-state index in [0.29, 0.717) is 13.2 Å². The number of rotatable bonds is 8. The van der Waals surface area contributed by atoms with E-state index in [0.717, 1.165) is 24.6 Å². The van der Waals surface area contributed by atoms with Crippen LogP contribution in [0.1, 0.15) is 12.5 Å². The van der Waals surface area contributed by atoms with E-state index in [-0.39, 0.29) is 0 Å². The topological polar surface area (TPSA) is 30.5 Å². The van der Waals surface area contributed by atoms with Gasteiger partial charge in [0.25, 0.3) is 0 Å². The molecule has 0 saturated heterocycles. The van der Waals surface area contributed by atoms with Crippen LogP contribution in [0.25, 0.3) is 0 Å². The second-order valence-electron chi connectivity index (χ2n) is 4.04. The second-order valence-corrected chi connectivity index (χ2v) is 4.82. The molecule has 0 aliphatic rings. The molecule has 0 spiro atoms. The van der Waals surface area contributed by atoms with Crippen molar-refractivity contribution < 1.29 is 9.47 Å². The van der Waals surface area contributed by atoms with Gasteiger partial charge in [0, 0.05) is 13.1 Å². The molecule has 2 aromatic rings. The largest absolute Gasteiger partial charge is 0.490 e. The molecule has 0 fully saturated rings. The maximum atomic E-state index is 5.72. The van der Waals surface area contributed by atoms with Gasteiger partial charge < -0.3 is 14.8 Å². The van der Waals surface area contributed by atoms with Crippen molar-refractivity contribution in [3.63, 3.8) is 0 Å². The first-order valence-electron chi connectivity index (χ1n) is 6.46. The molecule has 0 bridgehead atoms. The summed E-state index contributed by atoms with van der Waals surface area (Å²) in [5.74, 6) is 1.62. The van der Waals surface area contributed by atoms with Gasteiger partial charge in [-0.05, 0) is 41.4 Å². The van der Waals surface area contributed by atoms with E-state index in [1.54, 1.807) is 11.3 Å². The van der Waals surface area contributed by atoms with Crippen LogP contribution in [0.4, 0.5) is 0 Å². The van der Waals surface area contributed by atoms with Crippen LogP contribution in [-0.4, -0.2) is 19.8 Å². The van der Waals surface area contributed by atoms with Gasteiger partial charge in [-0.25, -0.2) is 0 Å². The average Bonchev–Trinajstić information content (AvgIpc) is 2.94. The molecule has 0 unspecified atom stereocenters. The molecule has 19 heavy (non-hydrogen) atoms. The summed E-state index contributed by atoms with van der Waals surface area (Å²) in [6, 6.07) is 9.90. The van der Waals surface area contributed by atoms with E-state index < -0.39 is 0 Å². The van der Waals surface area contributed by atoms with Gasteiger partial charge in [-0.2, -0.15) is 11.3 Å². The highest BCUT2D eigenvalue weighted by Crippen LogP contribution is 2.25. The number of nitrogens with one attached hydrogen (secondary N) is 1. The molecule has 102 valence electrons. The molecule has 3 nitrogen and oxygen atoms in total. The number of benzene rings is 1. The fraction of sp³-hybridized carbons (Fsp3) is 0.333. The summed E-state index contributed by atoms with van der Waals surface area (Å²) in [5.41, 5.74) is 1.32. The first kappa shape index (κ1) is 13.9. The monoisotopic (exact) mass is 277 g/mol. The van der Waals surface area contributed by atoms with Crippen LogP contribution < -0.4 is 14.8 Å². The molecular formula is C15H19NO2S. The third kappa shape index (κ3) is 4.58. The van der Waals surface area contributed by atoms with E-state index in [1.807, 2.05) is 31.2 Å².